The van der Waals surface area contributed by atoms with Gasteiger partial charge in [-0.3, -0.25) is 4.79 Å². The Labute approximate surface area is 134 Å². The van der Waals surface area contributed by atoms with Crippen molar-refractivity contribution in [2.24, 2.45) is 0 Å². The lowest BCUT2D eigenvalue weighted by Gasteiger charge is -2.07. The molecule has 0 saturated carbocycles. The van der Waals surface area contributed by atoms with Gasteiger partial charge in [0.25, 0.3) is 0 Å². The Morgan fingerprint density at radius 2 is 2.00 bits per heavy atom. The first kappa shape index (κ1) is 15.0. The van der Waals surface area contributed by atoms with Crippen LogP contribution in [0.4, 0.5) is 0 Å². The van der Waals surface area contributed by atoms with Gasteiger partial charge in [-0.2, -0.15) is 0 Å². The van der Waals surface area contributed by atoms with Crippen molar-refractivity contribution >= 4 is 11.8 Å². The molecule has 0 fully saturated rings. The Bertz CT molecular complexity index is 805. The van der Waals surface area contributed by atoms with Crippen LogP contribution in [0.15, 0.2) is 49.1 Å². The van der Waals surface area contributed by atoms with Crippen molar-refractivity contribution in [3.63, 3.8) is 0 Å². The molecule has 2 aromatic carbocycles. The minimum Gasteiger partial charge on any atom is -0.490 e. The summed E-state index contributed by atoms with van der Waals surface area (Å²) < 4.78 is 10.6. The van der Waals surface area contributed by atoms with E-state index in [4.69, 9.17) is 9.47 Å². The van der Waals surface area contributed by atoms with Gasteiger partial charge >= 0.3 is 5.97 Å². The Hall–Kier alpha value is -2.88. The molecule has 0 unspecified atom stereocenters. The molecule has 0 radical (unpaired) electrons. The summed E-state index contributed by atoms with van der Waals surface area (Å²) in [5.74, 6) is 0.0217. The van der Waals surface area contributed by atoms with Crippen LogP contribution in [0.25, 0.3) is 11.1 Å². The van der Waals surface area contributed by atoms with Crippen molar-refractivity contribution < 1.29 is 19.1 Å². The first-order valence-electron chi connectivity index (χ1n) is 7.40. The van der Waals surface area contributed by atoms with E-state index in [-0.39, 0.29) is 12.4 Å². The van der Waals surface area contributed by atoms with Gasteiger partial charge in [0.2, 0.25) is 0 Å². The van der Waals surface area contributed by atoms with Gasteiger partial charge in [-0.25, -0.2) is 4.79 Å². The Morgan fingerprint density at radius 3 is 2.74 bits per heavy atom. The number of rotatable bonds is 5. The first-order chi connectivity index (χ1) is 11.2. The van der Waals surface area contributed by atoms with Gasteiger partial charge < -0.3 is 9.47 Å². The van der Waals surface area contributed by atoms with Crippen LogP contribution in [0.1, 0.15) is 33.2 Å². The molecule has 3 rings (SSSR count). The van der Waals surface area contributed by atoms with Crippen molar-refractivity contribution in [2.45, 2.75) is 6.92 Å². The van der Waals surface area contributed by atoms with Crippen LogP contribution in [-0.4, -0.2) is 25.0 Å². The molecule has 0 heterocycles. The maximum atomic E-state index is 12.7. The molecule has 4 nitrogen and oxygen atoms in total. The summed E-state index contributed by atoms with van der Waals surface area (Å²) in [5, 5.41) is 0. The van der Waals surface area contributed by atoms with Crippen molar-refractivity contribution in [3.05, 3.63) is 65.7 Å². The second-order valence-electron chi connectivity index (χ2n) is 5.08. The van der Waals surface area contributed by atoms with E-state index in [0.29, 0.717) is 29.0 Å². The van der Waals surface area contributed by atoms with Crippen molar-refractivity contribution in [1.82, 2.24) is 0 Å². The van der Waals surface area contributed by atoms with E-state index in [9.17, 15) is 9.59 Å². The number of hydrogen-bond acceptors (Lipinski definition) is 4. The van der Waals surface area contributed by atoms with E-state index in [1.807, 2.05) is 12.1 Å². The fourth-order valence-electron chi connectivity index (χ4n) is 2.72. The van der Waals surface area contributed by atoms with Crippen LogP contribution in [0.3, 0.4) is 0 Å². The van der Waals surface area contributed by atoms with Gasteiger partial charge in [-0.1, -0.05) is 24.8 Å². The van der Waals surface area contributed by atoms with E-state index >= 15 is 0 Å². The fraction of sp³-hybridized carbons (Fsp3) is 0.158. The predicted molar refractivity (Wildman–Crippen MR) is 87.0 cm³/mol. The van der Waals surface area contributed by atoms with Gasteiger partial charge in [0.1, 0.15) is 12.4 Å². The number of carbonyl (C=O) groups excluding carboxylic acids is 2. The number of ether oxygens (including phenoxy) is 2. The number of fused-ring (bicyclic) bond motifs is 3. The zero-order valence-corrected chi connectivity index (χ0v) is 12.8. The summed E-state index contributed by atoms with van der Waals surface area (Å²) in [6.07, 6.45) is 1.66. The number of benzene rings is 2. The van der Waals surface area contributed by atoms with Crippen molar-refractivity contribution in [3.8, 4) is 16.9 Å². The van der Waals surface area contributed by atoms with E-state index in [1.165, 1.54) is 0 Å². The zero-order chi connectivity index (χ0) is 16.4. The molecule has 0 aliphatic heterocycles. The lowest BCUT2D eigenvalue weighted by Crippen LogP contribution is -2.10. The number of esters is 1. The zero-order valence-electron chi connectivity index (χ0n) is 12.8. The highest BCUT2D eigenvalue weighted by Crippen LogP contribution is 2.40. The van der Waals surface area contributed by atoms with Crippen LogP contribution >= 0.6 is 0 Å². The predicted octanol–water partition coefficient (Wildman–Crippen LogP) is 3.64. The number of hydrogen-bond donors (Lipinski definition) is 0. The average molecular weight is 308 g/mol. The lowest BCUT2D eigenvalue weighted by molar-refractivity contribution is 0.0523. The molecule has 0 amide bonds. The summed E-state index contributed by atoms with van der Waals surface area (Å²) in [5.41, 5.74) is 2.79. The molecule has 1 aliphatic rings. The molecule has 1 aliphatic carbocycles. The highest BCUT2D eigenvalue weighted by molar-refractivity contribution is 6.25. The maximum Gasteiger partial charge on any atom is 0.338 e. The van der Waals surface area contributed by atoms with E-state index < -0.39 is 5.97 Å². The largest absolute Gasteiger partial charge is 0.490 e. The maximum absolute atomic E-state index is 12.7. The van der Waals surface area contributed by atoms with Gasteiger partial charge in [0, 0.05) is 11.1 Å². The Balaban J connectivity index is 2.10. The highest BCUT2D eigenvalue weighted by atomic mass is 16.5. The van der Waals surface area contributed by atoms with Crippen LogP contribution < -0.4 is 4.74 Å². The minimum atomic E-state index is -0.478. The molecule has 4 heteroatoms. The van der Waals surface area contributed by atoms with Crippen LogP contribution in [0.5, 0.6) is 5.75 Å². The molecule has 0 atom stereocenters. The van der Waals surface area contributed by atoms with E-state index in [1.54, 1.807) is 37.3 Å². The summed E-state index contributed by atoms with van der Waals surface area (Å²) in [6.45, 7) is 6.01. The minimum absolute atomic E-state index is 0.158. The molecule has 116 valence electrons. The fourth-order valence-corrected chi connectivity index (χ4v) is 2.72. The topological polar surface area (TPSA) is 52.6 Å². The monoisotopic (exact) mass is 308 g/mol. The van der Waals surface area contributed by atoms with Crippen molar-refractivity contribution in [2.75, 3.05) is 13.2 Å². The van der Waals surface area contributed by atoms with E-state index in [2.05, 4.69) is 6.58 Å². The summed E-state index contributed by atoms with van der Waals surface area (Å²) >= 11 is 0. The first-order valence-corrected chi connectivity index (χ1v) is 7.40. The highest BCUT2D eigenvalue weighted by Gasteiger charge is 2.31. The smallest absolute Gasteiger partial charge is 0.338 e. The van der Waals surface area contributed by atoms with Gasteiger partial charge in [0.15, 0.2) is 5.78 Å². The normalized spacial score (nSPS) is 11.6. The third kappa shape index (κ3) is 2.52. The third-order valence-electron chi connectivity index (χ3n) is 3.68. The van der Waals surface area contributed by atoms with Crippen LogP contribution in [0, 0.1) is 0 Å². The molecule has 0 saturated heterocycles. The lowest BCUT2D eigenvalue weighted by atomic mass is 10.0. The summed E-state index contributed by atoms with van der Waals surface area (Å²) in [7, 11) is 0. The standard InChI is InChI=1S/C19H16O4/c1-3-10-23-12-8-9-14-16(11-12)13-6-5-7-15(17(13)18(14)20)19(21)22-4-2/h3,5-9,11H,1,4,10H2,2H3. The molecule has 0 aromatic heterocycles. The second kappa shape index (κ2) is 6.08. The Kier molecular flexibility index (Phi) is 3.98. The number of ketones is 1. The third-order valence-corrected chi connectivity index (χ3v) is 3.68. The quantitative estimate of drug-likeness (QED) is 0.533. The van der Waals surface area contributed by atoms with Gasteiger partial charge in [-0.05, 0) is 42.3 Å². The van der Waals surface area contributed by atoms with E-state index in [0.717, 1.165) is 11.1 Å². The summed E-state index contributed by atoms with van der Waals surface area (Å²) in [6, 6.07) is 10.5. The van der Waals surface area contributed by atoms with Crippen LogP contribution in [-0.2, 0) is 4.74 Å². The molecule has 0 bridgehead atoms. The average Bonchev–Trinajstić information content (AvgIpc) is 2.86. The van der Waals surface area contributed by atoms with Gasteiger partial charge in [-0.15, -0.1) is 0 Å². The van der Waals surface area contributed by atoms with Crippen LogP contribution in [0.2, 0.25) is 0 Å². The molecule has 2 aromatic rings. The molecular weight excluding hydrogens is 292 g/mol. The molecule has 23 heavy (non-hydrogen) atoms. The van der Waals surface area contributed by atoms with Gasteiger partial charge in [0.05, 0.1) is 12.2 Å². The second-order valence-corrected chi connectivity index (χ2v) is 5.08. The molecular formula is C19H16O4. The molecule has 0 N–H and O–H groups in total. The van der Waals surface area contributed by atoms with Crippen molar-refractivity contribution in [1.29, 1.82) is 0 Å². The Morgan fingerprint density at radius 1 is 1.17 bits per heavy atom. The molecule has 0 spiro atoms. The summed E-state index contributed by atoms with van der Waals surface area (Å²) in [4.78, 5) is 24.8. The SMILES string of the molecule is C=CCOc1ccc2c(c1)-c1cccc(C(=O)OCC)c1C2=O. The number of carbonyl (C=O) groups is 2.